The average Bonchev–Trinajstić information content (AvgIpc) is 2.56. The molecule has 3 rings (SSSR count). The largest absolute Gasteiger partial charge is 0.458 e. The molecule has 0 aromatic carbocycles. The molecule has 1 aliphatic heterocycles. The zero-order valence-corrected chi connectivity index (χ0v) is 7.92. The van der Waals surface area contributed by atoms with E-state index in [-0.39, 0.29) is 6.29 Å². The molecule has 1 aromatic heterocycles. The molecule has 0 saturated carbocycles. The third kappa shape index (κ3) is 1.07. The molecule has 2 heterocycles. The second-order valence-electron chi connectivity index (χ2n) is 3.82. The van der Waals surface area contributed by atoms with Crippen molar-refractivity contribution in [2.24, 2.45) is 10.7 Å². The SMILES string of the molecule is NC1N=Cc2oc3c(c2N1)CCCC3. The molecule has 1 aromatic rings. The summed E-state index contributed by atoms with van der Waals surface area (Å²) in [6.07, 6.45) is 6.03. The number of hydrogen-bond donors (Lipinski definition) is 2. The van der Waals surface area contributed by atoms with Gasteiger partial charge in [-0.15, -0.1) is 0 Å². The zero-order valence-electron chi connectivity index (χ0n) is 7.92. The van der Waals surface area contributed by atoms with Crippen LogP contribution in [0.3, 0.4) is 0 Å². The molecule has 0 spiro atoms. The van der Waals surface area contributed by atoms with Gasteiger partial charge in [-0.3, -0.25) is 10.7 Å². The number of nitrogens with two attached hydrogens (primary N) is 1. The first kappa shape index (κ1) is 8.05. The van der Waals surface area contributed by atoms with E-state index in [9.17, 15) is 0 Å². The Morgan fingerprint density at radius 1 is 1.43 bits per heavy atom. The smallest absolute Gasteiger partial charge is 0.171 e. The first-order chi connectivity index (χ1) is 6.84. The number of anilines is 1. The Bertz CT molecular complexity index is 394. The molecule has 0 bridgehead atoms. The number of nitrogens with zero attached hydrogens (tertiary/aromatic N) is 1. The summed E-state index contributed by atoms with van der Waals surface area (Å²) in [5.74, 6) is 1.97. The van der Waals surface area contributed by atoms with E-state index in [1.165, 1.54) is 18.4 Å². The fraction of sp³-hybridized carbons (Fsp3) is 0.500. The third-order valence-electron chi connectivity index (χ3n) is 2.84. The van der Waals surface area contributed by atoms with Crippen LogP contribution in [0.2, 0.25) is 0 Å². The van der Waals surface area contributed by atoms with Crippen LogP contribution in [0.5, 0.6) is 0 Å². The van der Waals surface area contributed by atoms with Gasteiger partial charge in [-0.25, -0.2) is 0 Å². The molecular weight excluding hydrogens is 178 g/mol. The third-order valence-corrected chi connectivity index (χ3v) is 2.84. The Balaban J connectivity index is 2.11. The fourth-order valence-electron chi connectivity index (χ4n) is 2.17. The quantitative estimate of drug-likeness (QED) is 0.648. The molecule has 0 saturated heterocycles. The summed E-state index contributed by atoms with van der Waals surface area (Å²) >= 11 is 0. The van der Waals surface area contributed by atoms with Gasteiger partial charge in [0.25, 0.3) is 0 Å². The van der Waals surface area contributed by atoms with Gasteiger partial charge in [0.1, 0.15) is 5.76 Å². The van der Waals surface area contributed by atoms with E-state index in [4.69, 9.17) is 10.2 Å². The Hall–Kier alpha value is -1.29. The molecule has 74 valence electrons. The molecule has 14 heavy (non-hydrogen) atoms. The van der Waals surface area contributed by atoms with E-state index < -0.39 is 0 Å². The molecule has 4 heteroatoms. The molecule has 1 aliphatic carbocycles. The number of rotatable bonds is 0. The summed E-state index contributed by atoms with van der Waals surface area (Å²) in [6, 6.07) is 0. The van der Waals surface area contributed by atoms with Crippen LogP contribution in [-0.2, 0) is 12.8 Å². The monoisotopic (exact) mass is 191 g/mol. The highest BCUT2D eigenvalue weighted by atomic mass is 16.3. The predicted molar refractivity (Wildman–Crippen MR) is 54.5 cm³/mol. The standard InChI is InChI=1S/C10H13N3O/c11-10-12-5-8-9(13-10)6-3-1-2-4-7(6)14-8/h5,10,13H,1-4,11H2. The van der Waals surface area contributed by atoms with Crippen LogP contribution in [-0.4, -0.2) is 12.5 Å². The lowest BCUT2D eigenvalue weighted by Crippen LogP contribution is -2.30. The minimum Gasteiger partial charge on any atom is -0.458 e. The van der Waals surface area contributed by atoms with Gasteiger partial charge in [-0.1, -0.05) is 0 Å². The maximum absolute atomic E-state index is 5.71. The van der Waals surface area contributed by atoms with Crippen molar-refractivity contribution < 1.29 is 4.42 Å². The molecule has 0 radical (unpaired) electrons. The number of nitrogens with one attached hydrogen (secondary N) is 1. The number of hydrogen-bond acceptors (Lipinski definition) is 4. The number of aliphatic imine (C=N–C) groups is 1. The van der Waals surface area contributed by atoms with E-state index in [1.807, 2.05) is 0 Å². The second kappa shape index (κ2) is 2.85. The predicted octanol–water partition coefficient (Wildman–Crippen LogP) is 1.25. The van der Waals surface area contributed by atoms with Crippen LogP contribution in [0, 0.1) is 0 Å². The van der Waals surface area contributed by atoms with Crippen molar-refractivity contribution in [3.05, 3.63) is 17.1 Å². The van der Waals surface area contributed by atoms with Crippen molar-refractivity contribution >= 4 is 11.9 Å². The minimum atomic E-state index is -0.314. The van der Waals surface area contributed by atoms with Crippen molar-refractivity contribution in [2.75, 3.05) is 5.32 Å². The first-order valence-electron chi connectivity index (χ1n) is 5.04. The molecule has 0 fully saturated rings. The fourth-order valence-corrected chi connectivity index (χ4v) is 2.17. The Morgan fingerprint density at radius 3 is 3.21 bits per heavy atom. The molecule has 4 nitrogen and oxygen atoms in total. The van der Waals surface area contributed by atoms with Gasteiger partial charge < -0.3 is 9.73 Å². The van der Waals surface area contributed by atoms with Gasteiger partial charge in [-0.05, 0) is 19.3 Å². The number of furan rings is 1. The molecule has 1 unspecified atom stereocenters. The van der Waals surface area contributed by atoms with Crippen molar-refractivity contribution in [2.45, 2.75) is 32.0 Å². The number of aryl methyl sites for hydroxylation is 1. The van der Waals surface area contributed by atoms with Crippen LogP contribution in [0.1, 0.15) is 29.9 Å². The summed E-state index contributed by atoms with van der Waals surface area (Å²) in [7, 11) is 0. The van der Waals surface area contributed by atoms with Crippen LogP contribution in [0.15, 0.2) is 9.41 Å². The topological polar surface area (TPSA) is 63.5 Å². The Morgan fingerprint density at radius 2 is 2.29 bits per heavy atom. The van der Waals surface area contributed by atoms with E-state index in [1.54, 1.807) is 6.21 Å². The number of fused-ring (bicyclic) bond motifs is 3. The summed E-state index contributed by atoms with van der Waals surface area (Å²) < 4.78 is 5.71. The van der Waals surface area contributed by atoms with E-state index >= 15 is 0 Å². The van der Waals surface area contributed by atoms with Gasteiger partial charge >= 0.3 is 0 Å². The molecule has 2 aliphatic rings. The lowest BCUT2D eigenvalue weighted by molar-refractivity contribution is 0.473. The van der Waals surface area contributed by atoms with Crippen molar-refractivity contribution in [1.82, 2.24) is 0 Å². The zero-order chi connectivity index (χ0) is 9.54. The van der Waals surface area contributed by atoms with Gasteiger partial charge in [0.2, 0.25) is 0 Å². The van der Waals surface area contributed by atoms with Crippen LogP contribution in [0.4, 0.5) is 5.69 Å². The van der Waals surface area contributed by atoms with E-state index in [0.717, 1.165) is 30.0 Å². The van der Waals surface area contributed by atoms with Crippen molar-refractivity contribution in [1.29, 1.82) is 0 Å². The van der Waals surface area contributed by atoms with Crippen molar-refractivity contribution in [3.63, 3.8) is 0 Å². The second-order valence-corrected chi connectivity index (χ2v) is 3.82. The van der Waals surface area contributed by atoms with Gasteiger partial charge in [0.15, 0.2) is 12.0 Å². The Kier molecular flexibility index (Phi) is 1.64. The lowest BCUT2D eigenvalue weighted by atomic mass is 9.97. The maximum atomic E-state index is 5.71. The van der Waals surface area contributed by atoms with E-state index in [0.29, 0.717) is 0 Å². The first-order valence-corrected chi connectivity index (χ1v) is 5.04. The molecule has 1 atom stereocenters. The van der Waals surface area contributed by atoms with Gasteiger partial charge in [0, 0.05) is 12.0 Å². The maximum Gasteiger partial charge on any atom is 0.171 e. The van der Waals surface area contributed by atoms with Crippen molar-refractivity contribution in [3.8, 4) is 0 Å². The lowest BCUT2D eigenvalue weighted by Gasteiger charge is -2.16. The highest BCUT2D eigenvalue weighted by Crippen LogP contribution is 2.34. The minimum absolute atomic E-state index is 0.314. The van der Waals surface area contributed by atoms with Gasteiger partial charge in [-0.2, -0.15) is 0 Å². The van der Waals surface area contributed by atoms with Crippen LogP contribution >= 0.6 is 0 Å². The van der Waals surface area contributed by atoms with Gasteiger partial charge in [0.05, 0.1) is 11.9 Å². The van der Waals surface area contributed by atoms with Crippen LogP contribution < -0.4 is 11.1 Å². The summed E-state index contributed by atoms with van der Waals surface area (Å²) in [5, 5.41) is 3.15. The summed E-state index contributed by atoms with van der Waals surface area (Å²) in [4.78, 5) is 4.06. The summed E-state index contributed by atoms with van der Waals surface area (Å²) in [6.45, 7) is 0. The molecule has 3 N–H and O–H groups in total. The molecular formula is C10H13N3O. The summed E-state index contributed by atoms with van der Waals surface area (Å²) in [5.41, 5.74) is 8.08. The normalized spacial score (nSPS) is 23.9. The molecule has 0 amide bonds. The van der Waals surface area contributed by atoms with Crippen LogP contribution in [0.25, 0.3) is 0 Å². The Labute approximate surface area is 82.2 Å². The average molecular weight is 191 g/mol. The highest BCUT2D eigenvalue weighted by molar-refractivity contribution is 5.88. The highest BCUT2D eigenvalue weighted by Gasteiger charge is 2.24. The van der Waals surface area contributed by atoms with E-state index in [2.05, 4.69) is 10.3 Å².